The standard InChI is InChI=1S/C18H18O4/c1-12(19)21-16-10-6-5-9-14(16)17-11-15(18(20)22-17)13-7-3-2-4-8-13/h5-6,9-11H,2-4,7-8H2,1H3. The smallest absolute Gasteiger partial charge is 0.343 e. The molecule has 0 atom stereocenters. The Morgan fingerprint density at radius 2 is 1.86 bits per heavy atom. The van der Waals surface area contributed by atoms with Crippen LogP contribution in [0.4, 0.5) is 0 Å². The SMILES string of the molecule is CC(=O)Oc1ccccc1C1=CC(=C2CCCCC2)C(=O)O1. The summed E-state index contributed by atoms with van der Waals surface area (Å²) in [7, 11) is 0. The van der Waals surface area contributed by atoms with E-state index in [1.807, 2.05) is 6.07 Å². The van der Waals surface area contributed by atoms with Crippen molar-refractivity contribution in [1.82, 2.24) is 0 Å². The average Bonchev–Trinajstić information content (AvgIpc) is 2.90. The summed E-state index contributed by atoms with van der Waals surface area (Å²) < 4.78 is 10.6. The fraction of sp³-hybridized carbons (Fsp3) is 0.333. The van der Waals surface area contributed by atoms with E-state index in [-0.39, 0.29) is 5.97 Å². The lowest BCUT2D eigenvalue weighted by Crippen LogP contribution is -2.05. The molecule has 4 nitrogen and oxygen atoms in total. The minimum absolute atomic E-state index is 0.301. The third-order valence-corrected chi connectivity index (χ3v) is 3.94. The lowest BCUT2D eigenvalue weighted by Gasteiger charge is -2.14. The molecule has 3 rings (SSSR count). The maximum atomic E-state index is 12.2. The van der Waals surface area contributed by atoms with E-state index >= 15 is 0 Å². The molecule has 1 aliphatic heterocycles. The predicted octanol–water partition coefficient (Wildman–Crippen LogP) is 3.77. The molecule has 0 N–H and O–H groups in total. The van der Waals surface area contributed by atoms with Gasteiger partial charge in [-0.1, -0.05) is 24.1 Å². The highest BCUT2D eigenvalue weighted by Gasteiger charge is 2.27. The molecule has 1 aromatic rings. The van der Waals surface area contributed by atoms with E-state index in [1.165, 1.54) is 18.9 Å². The molecule has 1 fully saturated rings. The summed E-state index contributed by atoms with van der Waals surface area (Å²) in [5.74, 6) is 0.159. The molecule has 0 amide bonds. The highest BCUT2D eigenvalue weighted by Crippen LogP contribution is 2.36. The van der Waals surface area contributed by atoms with Crippen LogP contribution in [0.25, 0.3) is 5.76 Å². The van der Waals surface area contributed by atoms with Gasteiger partial charge in [0.25, 0.3) is 0 Å². The molecule has 0 bridgehead atoms. The third kappa shape index (κ3) is 2.96. The van der Waals surface area contributed by atoms with Crippen molar-refractivity contribution in [3.8, 4) is 5.75 Å². The maximum Gasteiger partial charge on any atom is 0.343 e. The molecule has 2 aliphatic rings. The van der Waals surface area contributed by atoms with Crippen molar-refractivity contribution in [2.75, 3.05) is 0 Å². The van der Waals surface area contributed by atoms with Gasteiger partial charge in [0.05, 0.1) is 11.1 Å². The number of hydrogen-bond donors (Lipinski definition) is 0. The Balaban J connectivity index is 1.96. The summed E-state index contributed by atoms with van der Waals surface area (Å²) >= 11 is 0. The van der Waals surface area contributed by atoms with E-state index in [9.17, 15) is 9.59 Å². The molecule has 0 spiro atoms. The summed E-state index contributed by atoms with van der Waals surface area (Å²) in [5.41, 5.74) is 2.47. The van der Waals surface area contributed by atoms with E-state index in [1.54, 1.807) is 24.3 Å². The number of ether oxygens (including phenoxy) is 2. The molecular formula is C18H18O4. The summed E-state index contributed by atoms with van der Waals surface area (Å²) in [4.78, 5) is 23.3. The number of benzene rings is 1. The largest absolute Gasteiger partial charge is 0.426 e. The first-order valence-corrected chi connectivity index (χ1v) is 7.59. The highest BCUT2D eigenvalue weighted by atomic mass is 16.6. The van der Waals surface area contributed by atoms with E-state index in [0.717, 1.165) is 25.7 Å². The molecule has 114 valence electrons. The Morgan fingerprint density at radius 3 is 2.59 bits per heavy atom. The second-order valence-corrected chi connectivity index (χ2v) is 5.57. The van der Waals surface area contributed by atoms with E-state index in [2.05, 4.69) is 0 Å². The van der Waals surface area contributed by atoms with Gasteiger partial charge in [-0.25, -0.2) is 4.79 Å². The van der Waals surface area contributed by atoms with Gasteiger partial charge < -0.3 is 9.47 Å². The van der Waals surface area contributed by atoms with Gasteiger partial charge in [-0.2, -0.15) is 0 Å². The lowest BCUT2D eigenvalue weighted by atomic mass is 9.91. The van der Waals surface area contributed by atoms with E-state index < -0.39 is 5.97 Å². The van der Waals surface area contributed by atoms with Gasteiger partial charge in [-0.05, 0) is 43.9 Å². The zero-order chi connectivity index (χ0) is 15.5. The fourth-order valence-electron chi connectivity index (χ4n) is 2.92. The Labute approximate surface area is 129 Å². The number of carbonyl (C=O) groups excluding carboxylic acids is 2. The van der Waals surface area contributed by atoms with Crippen molar-refractivity contribution in [3.63, 3.8) is 0 Å². The number of para-hydroxylation sites is 1. The van der Waals surface area contributed by atoms with Crippen LogP contribution in [0.3, 0.4) is 0 Å². The van der Waals surface area contributed by atoms with Crippen LogP contribution in [0.2, 0.25) is 0 Å². The van der Waals surface area contributed by atoms with Crippen LogP contribution < -0.4 is 4.74 Å². The number of rotatable bonds is 2. The number of cyclic esters (lactones) is 1. The van der Waals surface area contributed by atoms with Gasteiger partial charge in [-0.15, -0.1) is 0 Å². The Morgan fingerprint density at radius 1 is 1.14 bits per heavy atom. The molecule has 0 saturated heterocycles. The molecule has 1 aliphatic carbocycles. The first kappa shape index (κ1) is 14.6. The third-order valence-electron chi connectivity index (χ3n) is 3.94. The highest BCUT2D eigenvalue weighted by molar-refractivity contribution is 6.02. The number of allylic oxidation sites excluding steroid dienone is 1. The van der Waals surface area contributed by atoms with Crippen molar-refractivity contribution in [2.24, 2.45) is 0 Å². The van der Waals surface area contributed by atoms with E-state index in [0.29, 0.717) is 22.6 Å². The number of hydrogen-bond acceptors (Lipinski definition) is 4. The second-order valence-electron chi connectivity index (χ2n) is 5.57. The Bertz CT molecular complexity index is 674. The average molecular weight is 298 g/mol. The van der Waals surface area contributed by atoms with Gasteiger partial charge >= 0.3 is 11.9 Å². The summed E-state index contributed by atoms with van der Waals surface area (Å²) in [6, 6.07) is 7.07. The van der Waals surface area contributed by atoms with Crippen LogP contribution >= 0.6 is 0 Å². The van der Waals surface area contributed by atoms with Crippen molar-refractivity contribution < 1.29 is 19.1 Å². The molecular weight excluding hydrogens is 280 g/mol. The van der Waals surface area contributed by atoms with Crippen LogP contribution in [-0.2, 0) is 14.3 Å². The predicted molar refractivity (Wildman–Crippen MR) is 81.9 cm³/mol. The van der Waals surface area contributed by atoms with Crippen LogP contribution in [0, 0.1) is 0 Å². The quantitative estimate of drug-likeness (QED) is 0.474. The zero-order valence-corrected chi connectivity index (χ0v) is 12.6. The first-order chi connectivity index (χ1) is 10.6. The number of esters is 2. The first-order valence-electron chi connectivity index (χ1n) is 7.59. The minimum atomic E-state index is -0.400. The molecule has 22 heavy (non-hydrogen) atoms. The zero-order valence-electron chi connectivity index (χ0n) is 12.6. The maximum absolute atomic E-state index is 12.2. The molecule has 1 aromatic carbocycles. The van der Waals surface area contributed by atoms with E-state index in [4.69, 9.17) is 9.47 Å². The molecule has 1 saturated carbocycles. The molecule has 1 heterocycles. The monoisotopic (exact) mass is 298 g/mol. The Kier molecular flexibility index (Phi) is 4.09. The van der Waals surface area contributed by atoms with Crippen LogP contribution in [0.1, 0.15) is 44.6 Å². The van der Waals surface area contributed by atoms with Crippen LogP contribution in [-0.4, -0.2) is 11.9 Å². The summed E-state index contributed by atoms with van der Waals surface area (Å²) in [6.45, 7) is 1.35. The van der Waals surface area contributed by atoms with Crippen LogP contribution in [0.15, 0.2) is 41.5 Å². The molecule has 4 heteroatoms. The fourth-order valence-corrected chi connectivity index (χ4v) is 2.92. The normalized spacial score (nSPS) is 18.0. The van der Waals surface area contributed by atoms with Crippen molar-refractivity contribution >= 4 is 17.7 Å². The lowest BCUT2D eigenvalue weighted by molar-refractivity contribution is -0.132. The van der Waals surface area contributed by atoms with Gasteiger partial charge in [0.1, 0.15) is 11.5 Å². The van der Waals surface area contributed by atoms with Crippen molar-refractivity contribution in [1.29, 1.82) is 0 Å². The summed E-state index contributed by atoms with van der Waals surface area (Å²) in [5, 5.41) is 0. The topological polar surface area (TPSA) is 52.6 Å². The van der Waals surface area contributed by atoms with Gasteiger partial charge in [0.2, 0.25) is 0 Å². The van der Waals surface area contributed by atoms with Crippen molar-refractivity contribution in [2.45, 2.75) is 39.0 Å². The molecule has 0 unspecified atom stereocenters. The van der Waals surface area contributed by atoms with Gasteiger partial charge in [0, 0.05) is 6.92 Å². The van der Waals surface area contributed by atoms with Gasteiger partial charge in [-0.3, -0.25) is 4.79 Å². The Hall–Kier alpha value is -2.36. The van der Waals surface area contributed by atoms with Crippen LogP contribution in [0.5, 0.6) is 5.75 Å². The summed E-state index contributed by atoms with van der Waals surface area (Å²) in [6.07, 6.45) is 7.17. The number of carbonyl (C=O) groups is 2. The minimum Gasteiger partial charge on any atom is -0.426 e. The molecule has 0 aromatic heterocycles. The molecule has 0 radical (unpaired) electrons. The second kappa shape index (κ2) is 6.18. The van der Waals surface area contributed by atoms with Crippen molar-refractivity contribution in [3.05, 3.63) is 47.1 Å². The van der Waals surface area contributed by atoms with Gasteiger partial charge in [0.15, 0.2) is 0 Å².